The lowest BCUT2D eigenvalue weighted by Gasteiger charge is -2.09. The van der Waals surface area contributed by atoms with Gasteiger partial charge in [-0.25, -0.2) is 0 Å². The summed E-state index contributed by atoms with van der Waals surface area (Å²) in [7, 11) is 1.61. The van der Waals surface area contributed by atoms with Gasteiger partial charge in [-0.15, -0.1) is 11.8 Å². The van der Waals surface area contributed by atoms with Gasteiger partial charge in [-0.2, -0.15) is 0 Å². The number of hydrogen-bond acceptors (Lipinski definition) is 3. The Hall–Kier alpha value is -1.48. The zero-order valence-corrected chi connectivity index (χ0v) is 9.64. The van der Waals surface area contributed by atoms with Crippen LogP contribution in [-0.4, -0.2) is 18.6 Å². The predicted molar refractivity (Wildman–Crippen MR) is 65.6 cm³/mol. The molecule has 0 bridgehead atoms. The first-order valence-corrected chi connectivity index (χ1v) is 6.05. The Labute approximate surface area is 97.6 Å². The maximum Gasteiger partial charge on any atom is 0.177 e. The molecule has 2 nitrogen and oxygen atoms in total. The monoisotopic (exact) mass is 230 g/mol. The average Bonchev–Trinajstić information content (AvgIpc) is 2.71. The number of ether oxygens (including phenoxy) is 1. The predicted octanol–water partition coefficient (Wildman–Crippen LogP) is 3.14. The maximum atomic E-state index is 11.8. The summed E-state index contributed by atoms with van der Waals surface area (Å²) in [4.78, 5) is 12.9. The number of Topliss-reactive ketones (excluding diaryl/α,β-unsaturated/α-hetero) is 1. The smallest absolute Gasteiger partial charge is 0.177 e. The zero-order chi connectivity index (χ0) is 11.1. The fraction of sp³-hybridized carbons (Fsp3) is 0.154. The number of carbonyl (C=O) groups excluding carboxylic acids is 1. The van der Waals surface area contributed by atoms with Crippen LogP contribution in [0.5, 0.6) is 5.75 Å². The van der Waals surface area contributed by atoms with Gasteiger partial charge in [-0.05, 0) is 16.8 Å². The number of thioether (sulfide) groups is 1. The minimum Gasteiger partial charge on any atom is -0.496 e. The third kappa shape index (κ3) is 1.25. The van der Waals surface area contributed by atoms with Gasteiger partial charge in [0.15, 0.2) is 5.78 Å². The fourth-order valence-corrected chi connectivity index (χ4v) is 3.19. The Balaban J connectivity index is 2.44. The van der Waals surface area contributed by atoms with Crippen LogP contribution >= 0.6 is 11.8 Å². The summed E-state index contributed by atoms with van der Waals surface area (Å²) in [5, 5.41) is 2.27. The van der Waals surface area contributed by atoms with E-state index in [2.05, 4.69) is 6.07 Å². The zero-order valence-electron chi connectivity index (χ0n) is 8.82. The number of carbonyl (C=O) groups is 1. The van der Waals surface area contributed by atoms with Crippen molar-refractivity contribution in [3.8, 4) is 5.75 Å². The molecule has 0 aromatic heterocycles. The van der Waals surface area contributed by atoms with Crippen LogP contribution in [-0.2, 0) is 0 Å². The average molecular weight is 230 g/mol. The van der Waals surface area contributed by atoms with Crippen LogP contribution < -0.4 is 4.74 Å². The fourth-order valence-electron chi connectivity index (χ4n) is 2.07. The molecule has 0 saturated heterocycles. The number of rotatable bonds is 1. The van der Waals surface area contributed by atoms with E-state index in [9.17, 15) is 4.79 Å². The molecular weight excluding hydrogens is 220 g/mol. The number of fused-ring (bicyclic) bond motifs is 3. The second kappa shape index (κ2) is 3.52. The topological polar surface area (TPSA) is 26.3 Å². The van der Waals surface area contributed by atoms with E-state index in [-0.39, 0.29) is 5.78 Å². The molecule has 0 atom stereocenters. The van der Waals surface area contributed by atoms with E-state index < -0.39 is 0 Å². The van der Waals surface area contributed by atoms with Crippen LogP contribution in [0.2, 0.25) is 0 Å². The minimum absolute atomic E-state index is 0.169. The molecule has 16 heavy (non-hydrogen) atoms. The summed E-state index contributed by atoms with van der Waals surface area (Å²) in [5.74, 6) is 1.39. The molecule has 0 amide bonds. The van der Waals surface area contributed by atoms with Crippen molar-refractivity contribution >= 4 is 28.3 Å². The highest BCUT2D eigenvalue weighted by atomic mass is 32.2. The van der Waals surface area contributed by atoms with E-state index in [1.165, 1.54) is 0 Å². The maximum absolute atomic E-state index is 11.8. The first kappa shape index (κ1) is 9.73. The summed E-state index contributed by atoms with van der Waals surface area (Å²) < 4.78 is 5.30. The van der Waals surface area contributed by atoms with Gasteiger partial charge >= 0.3 is 0 Å². The van der Waals surface area contributed by atoms with Crippen LogP contribution in [0.3, 0.4) is 0 Å². The Morgan fingerprint density at radius 3 is 2.94 bits per heavy atom. The van der Waals surface area contributed by atoms with Crippen molar-refractivity contribution in [3.05, 3.63) is 35.9 Å². The molecule has 1 aliphatic heterocycles. The summed E-state index contributed by atoms with van der Waals surface area (Å²) in [6, 6.07) is 10.0. The second-order valence-corrected chi connectivity index (χ2v) is 4.70. The van der Waals surface area contributed by atoms with Gasteiger partial charge < -0.3 is 4.74 Å². The van der Waals surface area contributed by atoms with Crippen molar-refractivity contribution in [2.45, 2.75) is 4.90 Å². The van der Waals surface area contributed by atoms with E-state index in [1.807, 2.05) is 24.3 Å². The van der Waals surface area contributed by atoms with Crippen LogP contribution in [0.15, 0.2) is 35.2 Å². The van der Waals surface area contributed by atoms with Gasteiger partial charge in [0.05, 0.1) is 18.4 Å². The van der Waals surface area contributed by atoms with Crippen molar-refractivity contribution in [3.63, 3.8) is 0 Å². The molecule has 2 aromatic carbocycles. The van der Waals surface area contributed by atoms with Gasteiger partial charge in [-0.3, -0.25) is 4.79 Å². The standard InChI is InChI=1S/C13H10O2S/c1-15-11-6-8-4-2-3-5-9(8)13-12(11)10(14)7-16-13/h2-6H,7H2,1H3. The molecule has 1 aliphatic rings. The molecule has 0 unspecified atom stereocenters. The molecule has 0 N–H and O–H groups in total. The van der Waals surface area contributed by atoms with Crippen LogP contribution in [0, 0.1) is 0 Å². The lowest BCUT2D eigenvalue weighted by atomic mass is 10.0. The normalized spacial score (nSPS) is 14.2. The number of hydrogen-bond donors (Lipinski definition) is 0. The Bertz CT molecular complexity index is 590. The minimum atomic E-state index is 0.169. The number of ketones is 1. The van der Waals surface area contributed by atoms with Gasteiger partial charge in [0.1, 0.15) is 5.75 Å². The molecule has 0 fully saturated rings. The van der Waals surface area contributed by atoms with Gasteiger partial charge in [-0.1, -0.05) is 24.3 Å². The Morgan fingerprint density at radius 1 is 1.31 bits per heavy atom. The molecule has 3 rings (SSSR count). The summed E-state index contributed by atoms with van der Waals surface area (Å²) >= 11 is 1.61. The highest BCUT2D eigenvalue weighted by Crippen LogP contribution is 2.42. The Morgan fingerprint density at radius 2 is 2.12 bits per heavy atom. The first-order valence-electron chi connectivity index (χ1n) is 5.07. The molecule has 3 heteroatoms. The molecule has 1 heterocycles. The van der Waals surface area contributed by atoms with Gasteiger partial charge in [0.2, 0.25) is 0 Å². The Kier molecular flexibility index (Phi) is 2.14. The van der Waals surface area contributed by atoms with Gasteiger partial charge in [0, 0.05) is 4.90 Å². The van der Waals surface area contributed by atoms with Gasteiger partial charge in [0.25, 0.3) is 0 Å². The number of benzene rings is 2. The molecule has 0 aliphatic carbocycles. The third-order valence-electron chi connectivity index (χ3n) is 2.81. The van der Waals surface area contributed by atoms with E-state index in [4.69, 9.17) is 4.74 Å². The van der Waals surface area contributed by atoms with Crippen LogP contribution in [0.1, 0.15) is 10.4 Å². The second-order valence-electron chi connectivity index (χ2n) is 3.72. The van der Waals surface area contributed by atoms with E-state index in [0.717, 1.165) is 21.2 Å². The van der Waals surface area contributed by atoms with Crippen molar-refractivity contribution < 1.29 is 9.53 Å². The highest BCUT2D eigenvalue weighted by molar-refractivity contribution is 8.00. The van der Waals surface area contributed by atoms with E-state index in [1.54, 1.807) is 18.9 Å². The molecule has 0 radical (unpaired) electrons. The molecule has 80 valence electrons. The summed E-state index contributed by atoms with van der Waals surface area (Å²) in [6.07, 6.45) is 0. The van der Waals surface area contributed by atoms with Crippen LogP contribution in [0.25, 0.3) is 10.8 Å². The van der Waals surface area contributed by atoms with Crippen LogP contribution in [0.4, 0.5) is 0 Å². The summed E-state index contributed by atoms with van der Waals surface area (Å²) in [6.45, 7) is 0. The van der Waals surface area contributed by atoms with Crippen molar-refractivity contribution in [2.24, 2.45) is 0 Å². The van der Waals surface area contributed by atoms with E-state index in [0.29, 0.717) is 11.5 Å². The molecular formula is C13H10O2S. The lowest BCUT2D eigenvalue weighted by molar-refractivity contribution is 0.102. The molecule has 2 aromatic rings. The van der Waals surface area contributed by atoms with Crippen molar-refractivity contribution in [1.29, 1.82) is 0 Å². The highest BCUT2D eigenvalue weighted by Gasteiger charge is 2.26. The molecule has 0 saturated carbocycles. The lowest BCUT2D eigenvalue weighted by Crippen LogP contribution is -1.99. The van der Waals surface area contributed by atoms with Crippen molar-refractivity contribution in [2.75, 3.05) is 12.9 Å². The van der Waals surface area contributed by atoms with Crippen molar-refractivity contribution in [1.82, 2.24) is 0 Å². The molecule has 0 spiro atoms. The SMILES string of the molecule is COc1cc2ccccc2c2c1C(=O)CS2. The number of methoxy groups -OCH3 is 1. The summed E-state index contributed by atoms with van der Waals surface area (Å²) in [5.41, 5.74) is 0.756. The largest absolute Gasteiger partial charge is 0.496 e. The quantitative estimate of drug-likeness (QED) is 0.752. The van der Waals surface area contributed by atoms with E-state index >= 15 is 0 Å². The first-order chi connectivity index (χ1) is 7.81. The third-order valence-corrected chi connectivity index (χ3v) is 3.93.